The molecule has 82 valence electrons. The number of Topliss-reactive ketones (excluding diaryl/α,β-unsaturated/α-hetero) is 1. The zero-order valence-electron chi connectivity index (χ0n) is 6.74. The van der Waals surface area contributed by atoms with Crippen molar-refractivity contribution in [1.29, 1.82) is 0 Å². The van der Waals surface area contributed by atoms with Crippen LogP contribution in [-0.2, 0) is 4.79 Å². The van der Waals surface area contributed by atoms with Crippen molar-refractivity contribution < 1.29 is 31.1 Å². The van der Waals surface area contributed by atoms with E-state index < -0.39 is 30.5 Å². The quantitative estimate of drug-likeness (QED) is 0.528. The molecule has 0 rings (SSSR count). The number of hydrogen-bond donors (Lipinski definition) is 0. The van der Waals surface area contributed by atoms with Crippen LogP contribution in [0.3, 0.4) is 0 Å². The summed E-state index contributed by atoms with van der Waals surface area (Å²) in [6.07, 6.45) is -11.5. The third-order valence-electron chi connectivity index (χ3n) is 1.32. The fourth-order valence-corrected chi connectivity index (χ4v) is 0.811. The fourth-order valence-electron chi connectivity index (χ4n) is 0.811. The highest BCUT2D eigenvalue weighted by Gasteiger charge is 2.60. The van der Waals surface area contributed by atoms with Gasteiger partial charge in [-0.2, -0.15) is 26.3 Å². The molecule has 0 aliphatic heterocycles. The average Bonchev–Trinajstić information content (AvgIpc) is 1.78. The van der Waals surface area contributed by atoms with Gasteiger partial charge in [0.15, 0.2) is 5.78 Å². The summed E-state index contributed by atoms with van der Waals surface area (Å²) in [5.41, 5.74) is 0. The lowest BCUT2D eigenvalue weighted by Crippen LogP contribution is -2.42. The number of carbonyl (C=O) groups excluding carboxylic acids is 1. The van der Waals surface area contributed by atoms with Crippen molar-refractivity contribution in [2.45, 2.75) is 18.8 Å². The first kappa shape index (κ1) is 13.0. The summed E-state index contributed by atoms with van der Waals surface area (Å²) in [5.74, 6) is -5.85. The van der Waals surface area contributed by atoms with Crippen LogP contribution < -0.4 is 0 Å². The van der Waals surface area contributed by atoms with Gasteiger partial charge in [0.1, 0.15) is 0 Å². The van der Waals surface area contributed by atoms with Crippen molar-refractivity contribution in [1.82, 2.24) is 0 Å². The van der Waals surface area contributed by atoms with Gasteiger partial charge in [-0.15, -0.1) is 6.58 Å². The summed E-state index contributed by atoms with van der Waals surface area (Å²) >= 11 is 0. The van der Waals surface area contributed by atoms with E-state index in [4.69, 9.17) is 0 Å². The molecule has 0 atom stereocenters. The number of halogens is 6. The number of allylic oxidation sites excluding steroid dienone is 1. The molecule has 0 heterocycles. The maximum absolute atomic E-state index is 11.8. The summed E-state index contributed by atoms with van der Waals surface area (Å²) in [5, 5.41) is 0. The van der Waals surface area contributed by atoms with Crippen molar-refractivity contribution in [2.24, 2.45) is 5.92 Å². The molecule has 7 heteroatoms. The molecule has 0 saturated carbocycles. The van der Waals surface area contributed by atoms with Crippen LogP contribution >= 0.6 is 0 Å². The number of rotatable bonds is 3. The van der Waals surface area contributed by atoms with Crippen LogP contribution in [0.2, 0.25) is 0 Å². The van der Waals surface area contributed by atoms with Crippen LogP contribution in [0.15, 0.2) is 12.7 Å². The second kappa shape index (κ2) is 4.02. The molecule has 0 aliphatic rings. The first-order chi connectivity index (χ1) is 6.10. The van der Waals surface area contributed by atoms with Crippen LogP contribution in [0.4, 0.5) is 26.3 Å². The van der Waals surface area contributed by atoms with E-state index in [1.807, 2.05) is 0 Å². The molecule has 0 saturated heterocycles. The van der Waals surface area contributed by atoms with Crippen LogP contribution in [0.25, 0.3) is 0 Å². The maximum Gasteiger partial charge on any atom is 0.407 e. The van der Waals surface area contributed by atoms with Gasteiger partial charge >= 0.3 is 12.4 Å². The standard InChI is InChI=1S/C7H6F6O/c1-2-3-4(14)5(6(8,9)10)7(11,12)13/h2,5H,1,3H2. The van der Waals surface area contributed by atoms with E-state index in [2.05, 4.69) is 6.58 Å². The van der Waals surface area contributed by atoms with Gasteiger partial charge in [-0.25, -0.2) is 0 Å². The van der Waals surface area contributed by atoms with E-state index in [1.54, 1.807) is 0 Å². The highest BCUT2D eigenvalue weighted by molar-refractivity contribution is 5.83. The Morgan fingerprint density at radius 1 is 1.14 bits per heavy atom. The Morgan fingerprint density at radius 2 is 1.50 bits per heavy atom. The Bertz CT molecular complexity index is 211. The second-order valence-corrected chi connectivity index (χ2v) is 2.48. The molecule has 0 N–H and O–H groups in total. The van der Waals surface area contributed by atoms with E-state index >= 15 is 0 Å². The molecule has 14 heavy (non-hydrogen) atoms. The third-order valence-corrected chi connectivity index (χ3v) is 1.32. The van der Waals surface area contributed by atoms with Crippen molar-refractivity contribution in [2.75, 3.05) is 0 Å². The predicted octanol–water partition coefficient (Wildman–Crippen LogP) is 2.87. The normalized spacial score (nSPS) is 13.1. The van der Waals surface area contributed by atoms with Gasteiger partial charge in [0.05, 0.1) is 0 Å². The zero-order chi connectivity index (χ0) is 11.6. The molecule has 0 aromatic rings. The summed E-state index contributed by atoms with van der Waals surface area (Å²) in [4.78, 5) is 10.5. The lowest BCUT2D eigenvalue weighted by molar-refractivity contribution is -0.273. The first-order valence-corrected chi connectivity index (χ1v) is 3.37. The first-order valence-electron chi connectivity index (χ1n) is 3.37. The minimum atomic E-state index is -5.60. The van der Waals surface area contributed by atoms with Crippen LogP contribution in [0, 0.1) is 5.92 Å². The molecular weight excluding hydrogens is 214 g/mol. The van der Waals surface area contributed by atoms with E-state index in [-0.39, 0.29) is 0 Å². The average molecular weight is 220 g/mol. The van der Waals surface area contributed by atoms with Gasteiger partial charge in [0.25, 0.3) is 0 Å². The predicted molar refractivity (Wildman–Crippen MR) is 35.4 cm³/mol. The maximum atomic E-state index is 11.8. The molecule has 0 radical (unpaired) electrons. The smallest absolute Gasteiger partial charge is 0.298 e. The summed E-state index contributed by atoms with van der Waals surface area (Å²) in [6, 6.07) is 0. The van der Waals surface area contributed by atoms with Crippen molar-refractivity contribution >= 4 is 5.78 Å². The molecule has 0 aromatic carbocycles. The molecule has 0 amide bonds. The van der Waals surface area contributed by atoms with Gasteiger partial charge in [-0.1, -0.05) is 6.08 Å². The number of carbonyl (C=O) groups is 1. The molecule has 0 unspecified atom stereocenters. The number of alkyl halides is 6. The number of ketones is 1. The molecule has 0 spiro atoms. The van der Waals surface area contributed by atoms with Gasteiger partial charge < -0.3 is 0 Å². The Balaban J connectivity index is 4.93. The van der Waals surface area contributed by atoms with Crippen molar-refractivity contribution in [3.63, 3.8) is 0 Å². The van der Waals surface area contributed by atoms with Crippen molar-refractivity contribution in [3.8, 4) is 0 Å². The highest BCUT2D eigenvalue weighted by atomic mass is 19.4. The Hall–Kier alpha value is -1.01. The summed E-state index contributed by atoms with van der Waals surface area (Å²) in [6.45, 7) is 2.89. The minimum Gasteiger partial charge on any atom is -0.298 e. The monoisotopic (exact) mass is 220 g/mol. The Morgan fingerprint density at radius 3 is 1.71 bits per heavy atom. The minimum absolute atomic E-state index is 0.701. The van der Waals surface area contributed by atoms with Crippen molar-refractivity contribution in [3.05, 3.63) is 12.7 Å². The number of hydrogen-bond acceptors (Lipinski definition) is 1. The van der Waals surface area contributed by atoms with Crippen LogP contribution in [0.1, 0.15) is 6.42 Å². The van der Waals surface area contributed by atoms with E-state index in [1.165, 1.54) is 0 Å². The lowest BCUT2D eigenvalue weighted by Gasteiger charge is -2.20. The van der Waals surface area contributed by atoms with Gasteiger partial charge in [0.2, 0.25) is 5.92 Å². The lowest BCUT2D eigenvalue weighted by atomic mass is 10.0. The Kier molecular flexibility index (Phi) is 3.73. The second-order valence-electron chi connectivity index (χ2n) is 2.48. The molecule has 0 bridgehead atoms. The van der Waals surface area contributed by atoms with E-state index in [0.29, 0.717) is 6.08 Å². The molecule has 0 aromatic heterocycles. The van der Waals surface area contributed by atoms with Gasteiger partial charge in [-0.05, 0) is 0 Å². The van der Waals surface area contributed by atoms with Gasteiger partial charge in [0, 0.05) is 6.42 Å². The topological polar surface area (TPSA) is 17.1 Å². The SMILES string of the molecule is C=CCC(=O)C(C(F)(F)F)C(F)(F)F. The van der Waals surface area contributed by atoms with Crippen LogP contribution in [0.5, 0.6) is 0 Å². The van der Waals surface area contributed by atoms with Crippen LogP contribution in [-0.4, -0.2) is 18.1 Å². The van der Waals surface area contributed by atoms with E-state index in [0.717, 1.165) is 0 Å². The fraction of sp³-hybridized carbons (Fsp3) is 0.571. The van der Waals surface area contributed by atoms with E-state index in [9.17, 15) is 31.1 Å². The largest absolute Gasteiger partial charge is 0.407 e. The zero-order valence-corrected chi connectivity index (χ0v) is 6.74. The summed E-state index contributed by atoms with van der Waals surface area (Å²) in [7, 11) is 0. The molecule has 1 nitrogen and oxygen atoms in total. The third kappa shape index (κ3) is 3.39. The Labute approximate surface area is 75.4 Å². The molecule has 0 fully saturated rings. The molecule has 0 aliphatic carbocycles. The van der Waals surface area contributed by atoms with Gasteiger partial charge in [-0.3, -0.25) is 4.79 Å². The highest BCUT2D eigenvalue weighted by Crippen LogP contribution is 2.40. The molecular formula is C7H6F6O. The summed E-state index contributed by atoms with van der Waals surface area (Å²) < 4.78 is 70.9.